The van der Waals surface area contributed by atoms with Gasteiger partial charge in [0.05, 0.1) is 5.69 Å². The fourth-order valence-electron chi connectivity index (χ4n) is 2.58. The molecule has 0 radical (unpaired) electrons. The van der Waals surface area contributed by atoms with Gasteiger partial charge >= 0.3 is 6.03 Å². The molecule has 0 aliphatic carbocycles. The first-order chi connectivity index (χ1) is 14.1. The third-order valence-corrected chi connectivity index (χ3v) is 4.02. The van der Waals surface area contributed by atoms with Crippen LogP contribution in [0.25, 0.3) is 0 Å². The number of aromatic nitrogens is 1. The first-order valence-electron chi connectivity index (χ1n) is 9.78. The molecule has 0 atom stereocenters. The van der Waals surface area contributed by atoms with Gasteiger partial charge in [0.25, 0.3) is 6.47 Å². The van der Waals surface area contributed by atoms with E-state index in [1.807, 2.05) is 30.3 Å². The minimum Gasteiger partial charge on any atom is -0.483 e. The summed E-state index contributed by atoms with van der Waals surface area (Å²) in [5, 5.41) is 15.9. The molecule has 2 rings (SSSR count). The van der Waals surface area contributed by atoms with E-state index >= 15 is 0 Å². The highest BCUT2D eigenvalue weighted by atomic mass is 16.3. The molecule has 158 valence electrons. The van der Waals surface area contributed by atoms with E-state index in [2.05, 4.69) is 27.9 Å². The fraction of sp³-hybridized carbons (Fsp3) is 0.381. The van der Waals surface area contributed by atoms with Crippen LogP contribution < -0.4 is 21.7 Å². The van der Waals surface area contributed by atoms with Gasteiger partial charge in [-0.3, -0.25) is 4.79 Å². The predicted octanol–water partition coefficient (Wildman–Crippen LogP) is 3.73. The molecule has 0 saturated carbocycles. The first-order valence-corrected chi connectivity index (χ1v) is 9.78. The summed E-state index contributed by atoms with van der Waals surface area (Å²) in [6.45, 7) is 3.23. The van der Waals surface area contributed by atoms with Crippen LogP contribution >= 0.6 is 0 Å². The molecule has 0 bridgehead atoms. The van der Waals surface area contributed by atoms with E-state index in [4.69, 9.17) is 15.6 Å². The van der Waals surface area contributed by atoms with Crippen LogP contribution in [0, 0.1) is 0 Å². The lowest BCUT2D eigenvalue weighted by atomic mass is 10.1. The number of carbonyl (C=O) groups excluding carboxylic acids is 1. The van der Waals surface area contributed by atoms with Crippen LogP contribution in [0.4, 0.5) is 22.0 Å². The van der Waals surface area contributed by atoms with Crippen LogP contribution in [0.15, 0.2) is 42.6 Å². The Kier molecular flexibility index (Phi) is 12.3. The van der Waals surface area contributed by atoms with Crippen molar-refractivity contribution in [2.24, 2.45) is 5.73 Å². The van der Waals surface area contributed by atoms with Gasteiger partial charge in [0.15, 0.2) is 5.82 Å². The number of amides is 2. The van der Waals surface area contributed by atoms with E-state index in [9.17, 15) is 4.79 Å². The third kappa shape index (κ3) is 10.1. The lowest BCUT2D eigenvalue weighted by Crippen LogP contribution is -2.29. The highest BCUT2D eigenvalue weighted by Crippen LogP contribution is 2.23. The van der Waals surface area contributed by atoms with Crippen LogP contribution in [0.3, 0.4) is 0 Å². The molecule has 0 aliphatic heterocycles. The van der Waals surface area contributed by atoms with Crippen LogP contribution in [0.1, 0.15) is 38.2 Å². The van der Waals surface area contributed by atoms with Crippen molar-refractivity contribution in [2.45, 2.75) is 39.0 Å². The number of benzene rings is 1. The normalized spacial score (nSPS) is 9.72. The van der Waals surface area contributed by atoms with Gasteiger partial charge < -0.3 is 26.8 Å². The number of hydrogen-bond donors (Lipinski definition) is 5. The molecule has 8 nitrogen and oxygen atoms in total. The standard InChI is InChI=1S/C20H29N5O.CH2O2/c1-2-3-4-5-14-23-20(26)25-18-7-6-15-22-19(18)24-17-10-8-16(9-11-17)12-13-21;2-1-3/h6-11,15H,2-5,12-14,21H2,1H3,(H,22,24)(H2,23,25,26);1H,(H,2,3). The van der Waals surface area contributed by atoms with Gasteiger partial charge in [0.1, 0.15) is 0 Å². The Morgan fingerprint density at radius 3 is 2.55 bits per heavy atom. The predicted molar refractivity (Wildman–Crippen MR) is 117 cm³/mol. The largest absolute Gasteiger partial charge is 0.483 e. The summed E-state index contributed by atoms with van der Waals surface area (Å²) in [6, 6.07) is 11.5. The van der Waals surface area contributed by atoms with E-state index in [0.29, 0.717) is 24.6 Å². The molecule has 0 fully saturated rings. The van der Waals surface area contributed by atoms with E-state index in [-0.39, 0.29) is 12.5 Å². The number of pyridine rings is 1. The van der Waals surface area contributed by atoms with Crippen molar-refractivity contribution in [2.75, 3.05) is 23.7 Å². The van der Waals surface area contributed by atoms with Crippen molar-refractivity contribution >= 4 is 29.7 Å². The van der Waals surface area contributed by atoms with Gasteiger partial charge in [-0.05, 0) is 49.2 Å². The summed E-state index contributed by atoms with van der Waals surface area (Å²) in [6.07, 6.45) is 7.06. The summed E-state index contributed by atoms with van der Waals surface area (Å²) in [7, 11) is 0. The molecule has 1 aromatic heterocycles. The van der Waals surface area contributed by atoms with Gasteiger partial charge in [-0.1, -0.05) is 38.3 Å². The van der Waals surface area contributed by atoms with Crippen LogP contribution in [0.2, 0.25) is 0 Å². The van der Waals surface area contributed by atoms with Crippen molar-refractivity contribution in [1.82, 2.24) is 10.3 Å². The SMILES string of the molecule is CCCCCCNC(=O)Nc1cccnc1Nc1ccc(CCN)cc1.O=CO. The Morgan fingerprint density at radius 1 is 1.17 bits per heavy atom. The molecule has 0 unspecified atom stereocenters. The number of nitrogens with zero attached hydrogens (tertiary/aromatic N) is 1. The number of urea groups is 1. The Labute approximate surface area is 171 Å². The van der Waals surface area contributed by atoms with E-state index in [1.165, 1.54) is 18.4 Å². The number of nitrogens with one attached hydrogen (secondary N) is 3. The lowest BCUT2D eigenvalue weighted by Gasteiger charge is -2.13. The minimum atomic E-state index is -0.250. The minimum absolute atomic E-state index is 0.212. The van der Waals surface area contributed by atoms with Crippen molar-refractivity contribution in [3.8, 4) is 0 Å². The summed E-state index contributed by atoms with van der Waals surface area (Å²) in [5.74, 6) is 0.611. The number of carboxylic acid groups (broad SMARTS) is 1. The molecule has 0 aliphatic rings. The summed E-state index contributed by atoms with van der Waals surface area (Å²) in [4.78, 5) is 24.8. The second-order valence-corrected chi connectivity index (χ2v) is 6.31. The summed E-state index contributed by atoms with van der Waals surface area (Å²) < 4.78 is 0. The number of anilines is 3. The van der Waals surface area contributed by atoms with Gasteiger partial charge in [0.2, 0.25) is 0 Å². The molecule has 1 heterocycles. The topological polar surface area (TPSA) is 129 Å². The Hall–Kier alpha value is -3.13. The number of unbranched alkanes of at least 4 members (excludes halogenated alkanes) is 3. The van der Waals surface area contributed by atoms with E-state index in [0.717, 1.165) is 24.9 Å². The smallest absolute Gasteiger partial charge is 0.319 e. The van der Waals surface area contributed by atoms with Gasteiger partial charge in [-0.25, -0.2) is 9.78 Å². The van der Waals surface area contributed by atoms with Gasteiger partial charge in [0, 0.05) is 18.4 Å². The van der Waals surface area contributed by atoms with Gasteiger partial charge in [-0.2, -0.15) is 0 Å². The number of nitrogens with two attached hydrogens (primary N) is 1. The van der Waals surface area contributed by atoms with Crippen LogP contribution in [-0.2, 0) is 11.2 Å². The molecule has 8 heteroatoms. The molecule has 0 saturated heterocycles. The zero-order valence-electron chi connectivity index (χ0n) is 16.9. The quantitative estimate of drug-likeness (QED) is 0.305. The Morgan fingerprint density at radius 2 is 1.90 bits per heavy atom. The van der Waals surface area contributed by atoms with Crippen molar-refractivity contribution in [3.05, 3.63) is 48.2 Å². The summed E-state index contributed by atoms with van der Waals surface area (Å²) >= 11 is 0. The maximum absolute atomic E-state index is 12.1. The highest BCUT2D eigenvalue weighted by molar-refractivity contribution is 5.92. The molecule has 2 aromatic rings. The second-order valence-electron chi connectivity index (χ2n) is 6.31. The first kappa shape index (κ1) is 23.9. The molecular formula is C21H31N5O3. The van der Waals surface area contributed by atoms with Crippen LogP contribution in [-0.4, -0.2) is 35.7 Å². The van der Waals surface area contributed by atoms with Crippen molar-refractivity contribution in [1.29, 1.82) is 0 Å². The summed E-state index contributed by atoms with van der Waals surface area (Å²) in [5.41, 5.74) is 8.32. The van der Waals surface area contributed by atoms with Gasteiger partial charge in [-0.15, -0.1) is 0 Å². The second kappa shape index (κ2) is 14.9. The third-order valence-electron chi connectivity index (χ3n) is 4.02. The zero-order valence-corrected chi connectivity index (χ0v) is 16.9. The zero-order chi connectivity index (χ0) is 21.3. The number of rotatable bonds is 10. The molecular weight excluding hydrogens is 370 g/mol. The monoisotopic (exact) mass is 401 g/mol. The molecule has 6 N–H and O–H groups in total. The van der Waals surface area contributed by atoms with Crippen molar-refractivity contribution in [3.63, 3.8) is 0 Å². The molecule has 1 aromatic carbocycles. The maximum Gasteiger partial charge on any atom is 0.319 e. The van der Waals surface area contributed by atoms with Crippen molar-refractivity contribution < 1.29 is 14.7 Å². The molecule has 0 spiro atoms. The highest BCUT2D eigenvalue weighted by Gasteiger charge is 2.07. The number of carbonyl (C=O) groups is 2. The average Bonchev–Trinajstić information content (AvgIpc) is 2.71. The van der Waals surface area contributed by atoms with Crippen LogP contribution in [0.5, 0.6) is 0 Å². The maximum atomic E-state index is 12.1. The molecule has 2 amide bonds. The lowest BCUT2D eigenvalue weighted by molar-refractivity contribution is -0.122. The number of hydrogen-bond acceptors (Lipinski definition) is 5. The molecule has 29 heavy (non-hydrogen) atoms. The average molecular weight is 402 g/mol. The Balaban J connectivity index is 0.00000132. The van der Waals surface area contributed by atoms with E-state index < -0.39 is 0 Å². The van der Waals surface area contributed by atoms with E-state index in [1.54, 1.807) is 12.3 Å². The Bertz CT molecular complexity index is 723. The fourth-order valence-corrected chi connectivity index (χ4v) is 2.58.